The van der Waals surface area contributed by atoms with Crippen LogP contribution >= 0.6 is 0 Å². The maximum atomic E-state index is 12.7. The second-order valence-electron chi connectivity index (χ2n) is 7.62. The van der Waals surface area contributed by atoms with Crippen molar-refractivity contribution in [1.29, 1.82) is 0 Å². The van der Waals surface area contributed by atoms with E-state index < -0.39 is 37.9 Å². The fourth-order valence-electron chi connectivity index (χ4n) is 3.18. The van der Waals surface area contributed by atoms with Crippen molar-refractivity contribution in [3.05, 3.63) is 60.7 Å². The largest absolute Gasteiger partial charge is 0.297 e. The Morgan fingerprint density at radius 1 is 0.767 bits per heavy atom. The molecule has 0 spiro atoms. The molecule has 0 aliphatic heterocycles. The van der Waals surface area contributed by atoms with Gasteiger partial charge in [-0.2, -0.15) is 16.8 Å². The highest BCUT2D eigenvalue weighted by atomic mass is 32.2. The zero-order valence-electron chi connectivity index (χ0n) is 17.8. The van der Waals surface area contributed by atoms with Gasteiger partial charge in [0.2, 0.25) is 0 Å². The average molecular weight is 455 g/mol. The van der Waals surface area contributed by atoms with Gasteiger partial charge in [0.15, 0.2) is 0 Å². The normalized spacial score (nSPS) is 16.5. The maximum Gasteiger partial charge on any atom is 0.297 e. The Bertz CT molecular complexity index is 925. The summed E-state index contributed by atoms with van der Waals surface area (Å²) in [7, 11) is -8.00. The van der Waals surface area contributed by atoms with E-state index in [9.17, 15) is 16.8 Å². The predicted molar refractivity (Wildman–Crippen MR) is 116 cm³/mol. The minimum atomic E-state index is -4.00. The van der Waals surface area contributed by atoms with Crippen LogP contribution in [0.5, 0.6) is 0 Å². The Labute approximate surface area is 180 Å². The van der Waals surface area contributed by atoms with Crippen LogP contribution < -0.4 is 0 Å². The van der Waals surface area contributed by atoms with Crippen molar-refractivity contribution in [2.75, 3.05) is 0 Å². The molecule has 0 radical (unpaired) electrons. The molecule has 0 aromatic heterocycles. The molecule has 0 amide bonds. The number of unbranched alkanes of at least 4 members (excludes halogenated alkanes) is 1. The highest BCUT2D eigenvalue weighted by Gasteiger charge is 2.42. The van der Waals surface area contributed by atoms with E-state index in [0.717, 1.165) is 12.8 Å². The molecule has 6 nitrogen and oxygen atoms in total. The van der Waals surface area contributed by atoms with E-state index in [2.05, 4.69) is 0 Å². The summed E-state index contributed by atoms with van der Waals surface area (Å²) in [5.74, 6) is 0. The Morgan fingerprint density at radius 2 is 1.13 bits per heavy atom. The second kappa shape index (κ2) is 10.0. The lowest BCUT2D eigenvalue weighted by Crippen LogP contribution is -2.44. The van der Waals surface area contributed by atoms with Gasteiger partial charge >= 0.3 is 0 Å². The maximum absolute atomic E-state index is 12.7. The quantitative estimate of drug-likeness (QED) is 0.455. The Morgan fingerprint density at radius 3 is 1.47 bits per heavy atom. The van der Waals surface area contributed by atoms with E-state index in [-0.39, 0.29) is 9.79 Å². The first-order valence-corrected chi connectivity index (χ1v) is 12.8. The van der Waals surface area contributed by atoms with Gasteiger partial charge in [-0.1, -0.05) is 63.1 Å². The van der Waals surface area contributed by atoms with Crippen LogP contribution in [0.25, 0.3) is 0 Å². The van der Waals surface area contributed by atoms with Crippen molar-refractivity contribution in [2.24, 2.45) is 5.41 Å². The van der Waals surface area contributed by atoms with Gasteiger partial charge < -0.3 is 0 Å². The van der Waals surface area contributed by atoms with Crippen LogP contribution in [0.1, 0.15) is 47.0 Å². The molecule has 0 bridgehead atoms. The van der Waals surface area contributed by atoms with E-state index in [0.29, 0.717) is 6.42 Å². The molecule has 2 rings (SSSR count). The Kier molecular flexibility index (Phi) is 8.21. The standard InChI is InChI=1S/C22H30O6S2/c1-5-6-17-22(4,18(2)27-29(23,24)20-13-9-7-10-14-20)19(3)28-30(25,26)21-15-11-8-12-16-21/h7-16,18-19H,5-6,17H2,1-4H3. The van der Waals surface area contributed by atoms with Crippen molar-refractivity contribution in [3.63, 3.8) is 0 Å². The van der Waals surface area contributed by atoms with Gasteiger partial charge in [-0.15, -0.1) is 0 Å². The van der Waals surface area contributed by atoms with Gasteiger partial charge in [-0.3, -0.25) is 8.37 Å². The average Bonchev–Trinajstić information content (AvgIpc) is 2.72. The molecule has 0 aliphatic carbocycles. The number of hydrogen-bond acceptors (Lipinski definition) is 6. The highest BCUT2D eigenvalue weighted by Crippen LogP contribution is 2.38. The van der Waals surface area contributed by atoms with Crippen LogP contribution in [0.4, 0.5) is 0 Å². The van der Waals surface area contributed by atoms with E-state index in [1.165, 1.54) is 24.3 Å². The minimum Gasteiger partial charge on any atom is -0.263 e. The molecule has 2 aromatic carbocycles. The molecular weight excluding hydrogens is 424 g/mol. The van der Waals surface area contributed by atoms with E-state index >= 15 is 0 Å². The summed E-state index contributed by atoms with van der Waals surface area (Å²) in [5, 5.41) is 0. The molecule has 2 aromatic rings. The van der Waals surface area contributed by atoms with Crippen molar-refractivity contribution < 1.29 is 25.2 Å². The van der Waals surface area contributed by atoms with Gasteiger partial charge in [0, 0.05) is 5.41 Å². The zero-order chi connectivity index (χ0) is 22.4. The summed E-state index contributed by atoms with van der Waals surface area (Å²) in [4.78, 5) is 0.111. The third-order valence-corrected chi connectivity index (χ3v) is 8.32. The van der Waals surface area contributed by atoms with Crippen LogP contribution in [0.3, 0.4) is 0 Å². The van der Waals surface area contributed by atoms with Gasteiger partial charge in [-0.25, -0.2) is 0 Å². The summed E-state index contributed by atoms with van der Waals surface area (Å²) in [6, 6.07) is 15.8. The van der Waals surface area contributed by atoms with Crippen LogP contribution in [-0.4, -0.2) is 29.0 Å². The van der Waals surface area contributed by atoms with Gasteiger partial charge in [0.1, 0.15) is 0 Å². The Hall–Kier alpha value is -1.74. The first-order chi connectivity index (χ1) is 14.0. The van der Waals surface area contributed by atoms with Crippen LogP contribution in [-0.2, 0) is 28.6 Å². The summed E-state index contributed by atoms with van der Waals surface area (Å²) >= 11 is 0. The van der Waals surface area contributed by atoms with E-state index in [1.807, 2.05) is 6.92 Å². The molecule has 0 saturated carbocycles. The first-order valence-electron chi connectivity index (χ1n) is 9.99. The van der Waals surface area contributed by atoms with Crippen molar-refractivity contribution >= 4 is 20.2 Å². The van der Waals surface area contributed by atoms with Gasteiger partial charge in [0.05, 0.1) is 22.0 Å². The number of hydrogen-bond donors (Lipinski definition) is 0. The summed E-state index contributed by atoms with van der Waals surface area (Å²) in [6.45, 7) is 7.11. The summed E-state index contributed by atoms with van der Waals surface area (Å²) < 4.78 is 61.9. The molecule has 2 atom stereocenters. The SMILES string of the molecule is CCCCC(C)(C(C)OS(=O)(=O)c1ccccc1)C(C)OS(=O)(=O)c1ccccc1. The molecule has 2 unspecified atom stereocenters. The van der Waals surface area contributed by atoms with Gasteiger partial charge in [0.25, 0.3) is 20.2 Å². The molecule has 166 valence electrons. The fourth-order valence-corrected chi connectivity index (χ4v) is 5.58. The van der Waals surface area contributed by atoms with Crippen LogP contribution in [0, 0.1) is 5.41 Å². The van der Waals surface area contributed by atoms with E-state index in [4.69, 9.17) is 8.37 Å². The lowest BCUT2D eigenvalue weighted by molar-refractivity contribution is -0.0182. The highest BCUT2D eigenvalue weighted by molar-refractivity contribution is 7.87. The molecule has 8 heteroatoms. The monoisotopic (exact) mass is 454 g/mol. The van der Waals surface area contributed by atoms with Crippen LogP contribution in [0.2, 0.25) is 0 Å². The molecule has 0 aliphatic rings. The smallest absolute Gasteiger partial charge is 0.263 e. The van der Waals surface area contributed by atoms with Crippen molar-refractivity contribution in [1.82, 2.24) is 0 Å². The number of rotatable bonds is 11. The third kappa shape index (κ3) is 5.91. The third-order valence-electron chi connectivity index (χ3n) is 5.53. The zero-order valence-corrected chi connectivity index (χ0v) is 19.4. The number of benzene rings is 2. The second-order valence-corrected chi connectivity index (χ2v) is 10.8. The minimum absolute atomic E-state index is 0.0557. The first kappa shape index (κ1) is 24.5. The van der Waals surface area contributed by atoms with Crippen molar-refractivity contribution in [2.45, 2.75) is 69.0 Å². The lowest BCUT2D eigenvalue weighted by atomic mass is 9.76. The van der Waals surface area contributed by atoms with Gasteiger partial charge in [-0.05, 0) is 44.5 Å². The predicted octanol–water partition coefficient (Wildman–Crippen LogP) is 4.77. The lowest BCUT2D eigenvalue weighted by Gasteiger charge is -2.39. The molecule has 30 heavy (non-hydrogen) atoms. The molecule has 0 saturated heterocycles. The summed E-state index contributed by atoms with van der Waals surface area (Å²) in [6.07, 6.45) is 0.562. The molecule has 0 N–H and O–H groups in total. The Balaban J connectivity index is 2.29. The fraction of sp³-hybridized carbons (Fsp3) is 0.455. The molecular formula is C22H30O6S2. The van der Waals surface area contributed by atoms with Crippen molar-refractivity contribution in [3.8, 4) is 0 Å². The van der Waals surface area contributed by atoms with Crippen LogP contribution in [0.15, 0.2) is 70.5 Å². The summed E-state index contributed by atoms with van der Waals surface area (Å²) in [5.41, 5.74) is -0.861. The molecule has 0 heterocycles. The van der Waals surface area contributed by atoms with E-state index in [1.54, 1.807) is 57.2 Å². The topological polar surface area (TPSA) is 86.7 Å². The molecule has 0 fully saturated rings.